The summed E-state index contributed by atoms with van der Waals surface area (Å²) < 4.78 is 0. The Morgan fingerprint density at radius 3 is 2.00 bits per heavy atom. The van der Waals surface area contributed by atoms with E-state index in [1.54, 1.807) is 0 Å². The molecule has 2 heteroatoms. The zero-order valence-corrected chi connectivity index (χ0v) is 5.64. The summed E-state index contributed by atoms with van der Waals surface area (Å²) in [6.07, 6.45) is 0.380. The molecular formula is C6H13NO. The van der Waals surface area contributed by atoms with Gasteiger partial charge < -0.3 is 0 Å². The molecule has 0 radical (unpaired) electrons. The molecule has 1 N–H and O–H groups in total. The predicted octanol–water partition coefficient (Wildman–Crippen LogP) is 0.934. The number of hydrogen-bond donors (Lipinski definition) is 1. The zero-order chi connectivity index (χ0) is 6.15. The third-order valence-electron chi connectivity index (χ3n) is 1.97. The van der Waals surface area contributed by atoms with Crippen LogP contribution in [0, 0.1) is 5.92 Å². The minimum atomic E-state index is 0.380. The highest BCUT2D eigenvalue weighted by atomic mass is 16.7. The number of hydroxylamine groups is 1. The van der Waals surface area contributed by atoms with Gasteiger partial charge in [0.1, 0.15) is 0 Å². The van der Waals surface area contributed by atoms with E-state index in [0.717, 1.165) is 0 Å². The molecule has 48 valence electrons. The van der Waals surface area contributed by atoms with Crippen LogP contribution in [0.25, 0.3) is 0 Å². The molecule has 1 heterocycles. The van der Waals surface area contributed by atoms with Gasteiger partial charge in [-0.15, -0.1) is 0 Å². The molecule has 0 amide bonds. The van der Waals surface area contributed by atoms with Crippen molar-refractivity contribution in [3.05, 3.63) is 0 Å². The lowest BCUT2D eigenvalue weighted by molar-refractivity contribution is 0.0318. The van der Waals surface area contributed by atoms with Crippen molar-refractivity contribution >= 4 is 0 Å². The van der Waals surface area contributed by atoms with E-state index in [1.165, 1.54) is 0 Å². The van der Waals surface area contributed by atoms with Gasteiger partial charge in [0.15, 0.2) is 0 Å². The molecule has 0 aromatic carbocycles. The van der Waals surface area contributed by atoms with E-state index < -0.39 is 0 Å². The van der Waals surface area contributed by atoms with Crippen molar-refractivity contribution < 1.29 is 4.84 Å². The lowest BCUT2D eigenvalue weighted by Gasteiger charge is -2.07. The van der Waals surface area contributed by atoms with Gasteiger partial charge in [0.25, 0.3) is 0 Å². The van der Waals surface area contributed by atoms with E-state index in [9.17, 15) is 0 Å². The quantitative estimate of drug-likeness (QED) is 0.507. The molecule has 1 fully saturated rings. The van der Waals surface area contributed by atoms with Crippen LogP contribution in [-0.4, -0.2) is 12.1 Å². The number of nitrogens with one attached hydrogen (secondary N) is 1. The van der Waals surface area contributed by atoms with Crippen LogP contribution in [-0.2, 0) is 4.84 Å². The van der Waals surface area contributed by atoms with Crippen molar-refractivity contribution in [3.63, 3.8) is 0 Å². The molecule has 3 unspecified atom stereocenters. The summed E-state index contributed by atoms with van der Waals surface area (Å²) in [6, 6.07) is 0.519. The molecule has 0 aliphatic carbocycles. The van der Waals surface area contributed by atoms with Crippen LogP contribution in [0.1, 0.15) is 20.8 Å². The largest absolute Gasteiger partial charge is 0.298 e. The smallest absolute Gasteiger partial charge is 0.0803 e. The minimum Gasteiger partial charge on any atom is -0.298 e. The maximum Gasteiger partial charge on any atom is 0.0803 e. The maximum atomic E-state index is 5.13. The number of rotatable bonds is 0. The molecule has 0 spiro atoms. The SMILES string of the molecule is CC1NOC(C)C1C. The van der Waals surface area contributed by atoms with Crippen molar-refractivity contribution in [1.82, 2.24) is 5.48 Å². The van der Waals surface area contributed by atoms with E-state index in [1.807, 2.05) is 0 Å². The zero-order valence-electron chi connectivity index (χ0n) is 5.64. The van der Waals surface area contributed by atoms with Crippen molar-refractivity contribution in [2.24, 2.45) is 5.92 Å². The van der Waals surface area contributed by atoms with E-state index in [4.69, 9.17) is 4.84 Å². The summed E-state index contributed by atoms with van der Waals surface area (Å²) in [4.78, 5) is 5.13. The van der Waals surface area contributed by atoms with Gasteiger partial charge in [-0.25, -0.2) is 0 Å². The summed E-state index contributed by atoms with van der Waals surface area (Å²) in [5, 5.41) is 0. The van der Waals surface area contributed by atoms with Crippen molar-refractivity contribution in [2.45, 2.75) is 32.9 Å². The Bertz CT molecular complexity index is 74.6. The molecule has 2 nitrogen and oxygen atoms in total. The lowest BCUT2D eigenvalue weighted by atomic mass is 10.0. The molecular weight excluding hydrogens is 102 g/mol. The summed E-state index contributed by atoms with van der Waals surface area (Å²) >= 11 is 0. The topological polar surface area (TPSA) is 21.3 Å². The van der Waals surface area contributed by atoms with Crippen LogP contribution in [0.5, 0.6) is 0 Å². The molecule has 1 saturated heterocycles. The van der Waals surface area contributed by atoms with Crippen LogP contribution < -0.4 is 5.48 Å². The third-order valence-corrected chi connectivity index (χ3v) is 1.97. The summed E-state index contributed by atoms with van der Waals surface area (Å²) in [7, 11) is 0. The van der Waals surface area contributed by atoms with Gasteiger partial charge in [-0.3, -0.25) is 4.84 Å². The van der Waals surface area contributed by atoms with Gasteiger partial charge >= 0.3 is 0 Å². The molecule has 8 heavy (non-hydrogen) atoms. The Hall–Kier alpha value is -0.0800. The predicted molar refractivity (Wildman–Crippen MR) is 32.3 cm³/mol. The molecule has 0 aromatic rings. The first-order valence-electron chi connectivity index (χ1n) is 3.13. The third kappa shape index (κ3) is 0.858. The Labute approximate surface area is 50.2 Å². The van der Waals surface area contributed by atoms with Gasteiger partial charge in [0.05, 0.1) is 6.10 Å². The van der Waals surface area contributed by atoms with Gasteiger partial charge in [0.2, 0.25) is 0 Å². The fourth-order valence-electron chi connectivity index (χ4n) is 0.836. The van der Waals surface area contributed by atoms with Gasteiger partial charge in [-0.2, -0.15) is 5.48 Å². The van der Waals surface area contributed by atoms with E-state index in [0.29, 0.717) is 18.1 Å². The molecule has 0 bridgehead atoms. The first-order chi connectivity index (χ1) is 3.72. The summed E-state index contributed by atoms with van der Waals surface area (Å²) in [6.45, 7) is 6.41. The van der Waals surface area contributed by atoms with Crippen molar-refractivity contribution in [1.29, 1.82) is 0 Å². The summed E-state index contributed by atoms with van der Waals surface area (Å²) in [5.41, 5.74) is 2.92. The van der Waals surface area contributed by atoms with Gasteiger partial charge in [-0.05, 0) is 13.8 Å². The highest BCUT2D eigenvalue weighted by Gasteiger charge is 2.26. The first-order valence-corrected chi connectivity index (χ1v) is 3.13. The van der Waals surface area contributed by atoms with Gasteiger partial charge in [-0.1, -0.05) is 6.92 Å². The molecule has 1 rings (SSSR count). The Morgan fingerprint density at radius 2 is 1.88 bits per heavy atom. The Kier molecular flexibility index (Phi) is 1.54. The van der Waals surface area contributed by atoms with Crippen LogP contribution >= 0.6 is 0 Å². The van der Waals surface area contributed by atoms with E-state index in [-0.39, 0.29) is 0 Å². The monoisotopic (exact) mass is 115 g/mol. The second-order valence-electron chi connectivity index (χ2n) is 2.59. The standard InChI is InChI=1S/C6H13NO/c1-4-5(2)7-8-6(4)3/h4-7H,1-3H3. The second-order valence-corrected chi connectivity index (χ2v) is 2.59. The Morgan fingerprint density at radius 1 is 1.25 bits per heavy atom. The van der Waals surface area contributed by atoms with Crippen molar-refractivity contribution in [3.8, 4) is 0 Å². The molecule has 1 aliphatic heterocycles. The number of hydrogen-bond acceptors (Lipinski definition) is 2. The summed E-state index contributed by atoms with van der Waals surface area (Å²) in [5.74, 6) is 0.648. The maximum absolute atomic E-state index is 5.13. The highest BCUT2D eigenvalue weighted by Crippen LogP contribution is 2.16. The van der Waals surface area contributed by atoms with Crippen molar-refractivity contribution in [2.75, 3.05) is 0 Å². The molecule has 1 aliphatic rings. The fourth-order valence-corrected chi connectivity index (χ4v) is 0.836. The van der Waals surface area contributed by atoms with E-state index in [2.05, 4.69) is 26.3 Å². The Balaban J connectivity index is 2.44. The fraction of sp³-hybridized carbons (Fsp3) is 1.00. The molecule has 0 saturated carbocycles. The average Bonchev–Trinajstić information content (AvgIpc) is 1.98. The van der Waals surface area contributed by atoms with Crippen LogP contribution in [0.15, 0.2) is 0 Å². The van der Waals surface area contributed by atoms with Gasteiger partial charge in [0, 0.05) is 12.0 Å². The van der Waals surface area contributed by atoms with Crippen LogP contribution in [0.2, 0.25) is 0 Å². The minimum absolute atomic E-state index is 0.380. The second kappa shape index (κ2) is 2.03. The van der Waals surface area contributed by atoms with E-state index >= 15 is 0 Å². The molecule has 0 aromatic heterocycles. The lowest BCUT2D eigenvalue weighted by Crippen LogP contribution is -2.20. The van der Waals surface area contributed by atoms with Crippen LogP contribution in [0.4, 0.5) is 0 Å². The highest BCUT2D eigenvalue weighted by molar-refractivity contribution is 4.75. The average molecular weight is 115 g/mol. The first kappa shape index (κ1) is 6.05. The van der Waals surface area contributed by atoms with Crippen LogP contribution in [0.3, 0.4) is 0 Å². The molecule has 3 atom stereocenters. The normalized spacial score (nSPS) is 47.6.